The molecule has 0 bridgehead atoms. The smallest absolute Gasteiger partial charge is 0.237 e. The van der Waals surface area contributed by atoms with Gasteiger partial charge in [-0.05, 0) is 54.5 Å². The summed E-state index contributed by atoms with van der Waals surface area (Å²) < 4.78 is 15.2. The van der Waals surface area contributed by atoms with Gasteiger partial charge in [0.1, 0.15) is 5.82 Å². The number of nitrogens with zero attached hydrogens (tertiary/aromatic N) is 6. The first-order chi connectivity index (χ1) is 14.1. The molecule has 0 saturated heterocycles. The monoisotopic (exact) mass is 432 g/mol. The summed E-state index contributed by atoms with van der Waals surface area (Å²) in [5.74, 6) is -0.253. The van der Waals surface area contributed by atoms with Gasteiger partial charge in [0.15, 0.2) is 0 Å². The minimum absolute atomic E-state index is 0.103. The molecule has 1 aliphatic carbocycles. The Hall–Kier alpha value is -2.33. The van der Waals surface area contributed by atoms with Gasteiger partial charge in [0.05, 0.1) is 29.0 Å². The highest BCUT2D eigenvalue weighted by Crippen LogP contribution is 2.31. The number of hydrogen-bond donors (Lipinski definition) is 0. The van der Waals surface area contributed by atoms with E-state index < -0.39 is 0 Å². The van der Waals surface area contributed by atoms with Crippen LogP contribution in [-0.2, 0) is 11.3 Å². The van der Waals surface area contributed by atoms with Gasteiger partial charge in [0, 0.05) is 11.1 Å². The third-order valence-corrected chi connectivity index (χ3v) is 6.62. The van der Waals surface area contributed by atoms with Gasteiger partial charge in [0.2, 0.25) is 11.1 Å². The summed E-state index contributed by atoms with van der Waals surface area (Å²) in [6.07, 6.45) is 4.49. The minimum atomic E-state index is -0.337. The number of anilines is 1. The Morgan fingerprint density at radius 3 is 2.76 bits per heavy atom. The molecule has 0 N–H and O–H groups in total. The zero-order chi connectivity index (χ0) is 20.2. The third kappa shape index (κ3) is 4.81. The quantitative estimate of drug-likeness (QED) is 0.525. The molecule has 29 heavy (non-hydrogen) atoms. The molecule has 2 aromatic heterocycles. The van der Waals surface area contributed by atoms with E-state index in [2.05, 4.69) is 20.5 Å². The van der Waals surface area contributed by atoms with Crippen molar-refractivity contribution >= 4 is 34.7 Å². The molecule has 4 rings (SSSR count). The van der Waals surface area contributed by atoms with Crippen LogP contribution in [-0.4, -0.2) is 36.9 Å². The first kappa shape index (κ1) is 20.0. The molecule has 10 heteroatoms. The third-order valence-electron chi connectivity index (χ3n) is 4.88. The van der Waals surface area contributed by atoms with Gasteiger partial charge in [-0.3, -0.25) is 4.79 Å². The van der Waals surface area contributed by atoms with Crippen LogP contribution in [0.25, 0.3) is 0 Å². The average molecular weight is 433 g/mol. The maximum atomic E-state index is 13.4. The van der Waals surface area contributed by atoms with E-state index in [1.54, 1.807) is 17.0 Å². The van der Waals surface area contributed by atoms with Gasteiger partial charge in [-0.15, -0.1) is 16.4 Å². The van der Waals surface area contributed by atoms with Crippen LogP contribution in [0.3, 0.4) is 0 Å². The van der Waals surface area contributed by atoms with Crippen molar-refractivity contribution in [3.63, 3.8) is 0 Å². The average Bonchev–Trinajstić information content (AvgIpc) is 3.46. The van der Waals surface area contributed by atoms with Crippen LogP contribution in [0.4, 0.5) is 10.1 Å². The van der Waals surface area contributed by atoms with Gasteiger partial charge < -0.3 is 4.90 Å². The second kappa shape index (κ2) is 9.00. The Bertz CT molecular complexity index is 967. The lowest BCUT2D eigenvalue weighted by Gasteiger charge is -2.22. The SMILES string of the molecule is Cc1nc(CN(C(=O)CSc2nnnn2C2CCCC2)c2ccc(F)cc2)cs1. The van der Waals surface area contributed by atoms with Gasteiger partial charge in [-0.1, -0.05) is 24.6 Å². The summed E-state index contributed by atoms with van der Waals surface area (Å²) in [4.78, 5) is 19.2. The first-order valence-corrected chi connectivity index (χ1v) is 11.3. The fourth-order valence-corrected chi connectivity index (χ4v) is 4.87. The molecular formula is C19H21FN6OS2. The van der Waals surface area contributed by atoms with Crippen molar-refractivity contribution in [3.05, 3.63) is 46.2 Å². The molecule has 2 heterocycles. The van der Waals surface area contributed by atoms with Crippen LogP contribution in [0.1, 0.15) is 42.4 Å². The molecule has 0 atom stereocenters. The highest BCUT2D eigenvalue weighted by molar-refractivity contribution is 7.99. The summed E-state index contributed by atoms with van der Waals surface area (Å²) in [6, 6.07) is 6.25. The minimum Gasteiger partial charge on any atom is -0.306 e. The van der Waals surface area contributed by atoms with Crippen molar-refractivity contribution in [2.24, 2.45) is 0 Å². The number of thiazole rings is 1. The zero-order valence-electron chi connectivity index (χ0n) is 16.0. The number of rotatable bonds is 7. The van der Waals surface area contributed by atoms with E-state index in [1.165, 1.54) is 48.1 Å². The van der Waals surface area contributed by atoms with Crippen molar-refractivity contribution in [2.45, 2.75) is 50.4 Å². The molecule has 1 amide bonds. The zero-order valence-corrected chi connectivity index (χ0v) is 17.6. The molecule has 0 unspecified atom stereocenters. The second-order valence-electron chi connectivity index (χ2n) is 6.95. The fraction of sp³-hybridized carbons (Fsp3) is 0.421. The van der Waals surface area contributed by atoms with Crippen molar-refractivity contribution < 1.29 is 9.18 Å². The van der Waals surface area contributed by atoms with Gasteiger partial charge in [0.25, 0.3) is 0 Å². The lowest BCUT2D eigenvalue weighted by molar-refractivity contribution is -0.116. The Morgan fingerprint density at radius 1 is 1.31 bits per heavy atom. The summed E-state index contributed by atoms with van der Waals surface area (Å²) in [5, 5.41) is 15.6. The molecule has 1 saturated carbocycles. The number of hydrogen-bond acceptors (Lipinski definition) is 7. The van der Waals surface area contributed by atoms with E-state index in [-0.39, 0.29) is 17.5 Å². The number of aryl methyl sites for hydroxylation is 1. The van der Waals surface area contributed by atoms with Gasteiger partial charge in [-0.2, -0.15) is 0 Å². The number of aromatic nitrogens is 5. The maximum Gasteiger partial charge on any atom is 0.237 e. The maximum absolute atomic E-state index is 13.4. The number of carbonyl (C=O) groups excluding carboxylic acids is 1. The van der Waals surface area contributed by atoms with E-state index in [4.69, 9.17) is 0 Å². The highest BCUT2D eigenvalue weighted by Gasteiger charge is 2.24. The number of benzene rings is 1. The van der Waals surface area contributed by atoms with Crippen molar-refractivity contribution in [3.8, 4) is 0 Å². The lowest BCUT2D eigenvalue weighted by Crippen LogP contribution is -2.32. The summed E-state index contributed by atoms with van der Waals surface area (Å²) in [7, 11) is 0. The number of thioether (sulfide) groups is 1. The van der Waals surface area contributed by atoms with Gasteiger partial charge >= 0.3 is 0 Å². The predicted molar refractivity (Wildman–Crippen MR) is 110 cm³/mol. The Labute approximate surface area is 176 Å². The second-order valence-corrected chi connectivity index (χ2v) is 8.95. The highest BCUT2D eigenvalue weighted by atomic mass is 32.2. The lowest BCUT2D eigenvalue weighted by atomic mass is 10.2. The Kier molecular flexibility index (Phi) is 6.19. The van der Waals surface area contributed by atoms with Crippen LogP contribution in [0.5, 0.6) is 0 Å². The van der Waals surface area contributed by atoms with Crippen LogP contribution in [0, 0.1) is 12.7 Å². The normalized spacial score (nSPS) is 14.4. The first-order valence-electron chi connectivity index (χ1n) is 9.48. The largest absolute Gasteiger partial charge is 0.306 e. The Morgan fingerprint density at radius 2 is 2.07 bits per heavy atom. The molecule has 0 spiro atoms. The van der Waals surface area contributed by atoms with E-state index in [1.807, 2.05) is 17.0 Å². The predicted octanol–water partition coefficient (Wildman–Crippen LogP) is 4.02. The van der Waals surface area contributed by atoms with E-state index in [9.17, 15) is 9.18 Å². The van der Waals surface area contributed by atoms with E-state index in [0.29, 0.717) is 23.4 Å². The number of amides is 1. The summed E-state index contributed by atoms with van der Waals surface area (Å²) in [5.41, 5.74) is 1.45. The molecule has 1 aliphatic rings. The Balaban J connectivity index is 1.49. The molecule has 152 valence electrons. The molecular weight excluding hydrogens is 411 g/mol. The van der Waals surface area contributed by atoms with Crippen LogP contribution < -0.4 is 4.90 Å². The van der Waals surface area contributed by atoms with Gasteiger partial charge in [-0.25, -0.2) is 14.1 Å². The fourth-order valence-electron chi connectivity index (χ4n) is 3.45. The van der Waals surface area contributed by atoms with Crippen LogP contribution >= 0.6 is 23.1 Å². The molecule has 3 aromatic rings. The standard InChI is InChI=1S/C19H21FN6OS2/c1-13-21-15(11-28-13)10-25(16-8-6-14(20)7-9-16)18(27)12-29-19-22-23-24-26(19)17-4-2-3-5-17/h6-9,11,17H,2-5,10,12H2,1H3. The van der Waals surface area contributed by atoms with Crippen molar-refractivity contribution in [1.82, 2.24) is 25.2 Å². The van der Waals surface area contributed by atoms with Crippen LogP contribution in [0.15, 0.2) is 34.8 Å². The topological polar surface area (TPSA) is 76.8 Å². The molecule has 0 aliphatic heterocycles. The molecule has 0 radical (unpaired) electrons. The summed E-state index contributed by atoms with van der Waals surface area (Å²) in [6.45, 7) is 2.26. The molecule has 1 aromatic carbocycles. The number of halogens is 1. The molecule has 7 nitrogen and oxygen atoms in total. The van der Waals surface area contributed by atoms with E-state index in [0.717, 1.165) is 23.5 Å². The van der Waals surface area contributed by atoms with Crippen molar-refractivity contribution in [2.75, 3.05) is 10.7 Å². The van der Waals surface area contributed by atoms with Crippen LogP contribution in [0.2, 0.25) is 0 Å². The summed E-state index contributed by atoms with van der Waals surface area (Å²) >= 11 is 2.87. The van der Waals surface area contributed by atoms with Crippen molar-refractivity contribution in [1.29, 1.82) is 0 Å². The van der Waals surface area contributed by atoms with E-state index >= 15 is 0 Å². The number of tetrazole rings is 1. The molecule has 1 fully saturated rings. The number of carbonyl (C=O) groups is 1.